The number of carbonyl (C=O) groups excluding carboxylic acids is 1. The number of ether oxygens (including phenoxy) is 2. The Balaban J connectivity index is 1.64. The number of carbonyl (C=O) groups is 1. The summed E-state index contributed by atoms with van der Waals surface area (Å²) in [5.74, 6) is -0.422. The van der Waals surface area contributed by atoms with Gasteiger partial charge >= 0.3 is 6.09 Å². The minimum atomic E-state index is -0.494. The Labute approximate surface area is 143 Å². The number of amides is 1. The second kappa shape index (κ2) is 6.18. The van der Waals surface area contributed by atoms with Gasteiger partial charge in [-0.1, -0.05) is 0 Å². The van der Waals surface area contributed by atoms with Crippen molar-refractivity contribution in [3.63, 3.8) is 0 Å². The van der Waals surface area contributed by atoms with Crippen LogP contribution < -0.4 is 4.90 Å². The van der Waals surface area contributed by atoms with Crippen molar-refractivity contribution in [1.29, 1.82) is 0 Å². The molecule has 1 aliphatic heterocycles. The Kier molecular flexibility index (Phi) is 3.85. The number of fused-ring (bicyclic) bond motifs is 1. The summed E-state index contributed by atoms with van der Waals surface area (Å²) in [7, 11) is 1.54. The summed E-state index contributed by atoms with van der Waals surface area (Å²) in [4.78, 5) is 17.4. The minimum Gasteiger partial charge on any atom is -0.441 e. The summed E-state index contributed by atoms with van der Waals surface area (Å²) >= 11 is 0. The molecule has 0 bridgehead atoms. The molecule has 7 heteroatoms. The number of methoxy groups -OCH3 is 1. The quantitative estimate of drug-likeness (QED) is 0.732. The zero-order valence-electron chi connectivity index (χ0n) is 13.6. The van der Waals surface area contributed by atoms with Gasteiger partial charge in [-0.05, 0) is 24.3 Å². The number of benzene rings is 1. The molecule has 0 saturated carbocycles. The van der Waals surface area contributed by atoms with Crippen molar-refractivity contribution in [2.45, 2.75) is 6.10 Å². The van der Waals surface area contributed by atoms with Gasteiger partial charge in [0.15, 0.2) is 0 Å². The van der Waals surface area contributed by atoms with Crippen molar-refractivity contribution < 1.29 is 18.7 Å². The van der Waals surface area contributed by atoms with E-state index in [1.807, 2.05) is 18.5 Å². The summed E-state index contributed by atoms with van der Waals surface area (Å²) in [6, 6.07) is 6.56. The van der Waals surface area contributed by atoms with Crippen LogP contribution in [-0.4, -0.2) is 42.0 Å². The van der Waals surface area contributed by atoms with Gasteiger partial charge in [0.2, 0.25) is 0 Å². The standard InChI is InChI=1S/C18H16FN3O3/c1-24-11-15-10-22(18(23)25-15)14-2-3-17(16(19)6-14)21-8-12-4-5-20-7-13(12)9-21/h2-9,15H,10-11H2,1H3. The van der Waals surface area contributed by atoms with E-state index in [1.54, 1.807) is 36.2 Å². The fourth-order valence-electron chi connectivity index (χ4n) is 3.00. The van der Waals surface area contributed by atoms with E-state index in [2.05, 4.69) is 4.98 Å². The van der Waals surface area contributed by atoms with Crippen LogP contribution in [0.3, 0.4) is 0 Å². The summed E-state index contributed by atoms with van der Waals surface area (Å²) in [6.07, 6.45) is 6.25. The molecule has 3 heterocycles. The molecule has 2 aromatic heterocycles. The predicted molar refractivity (Wildman–Crippen MR) is 90.5 cm³/mol. The van der Waals surface area contributed by atoms with E-state index in [0.29, 0.717) is 24.5 Å². The van der Waals surface area contributed by atoms with E-state index >= 15 is 0 Å². The van der Waals surface area contributed by atoms with Gasteiger partial charge in [-0.2, -0.15) is 0 Å². The monoisotopic (exact) mass is 341 g/mol. The molecular formula is C18H16FN3O3. The van der Waals surface area contributed by atoms with Crippen molar-refractivity contribution in [3.05, 3.63) is 54.9 Å². The first-order valence-corrected chi connectivity index (χ1v) is 7.84. The number of aromatic nitrogens is 2. The van der Waals surface area contributed by atoms with Crippen LogP contribution in [-0.2, 0) is 9.47 Å². The SMILES string of the molecule is COCC1CN(c2ccc(-n3cc4ccncc4c3)c(F)c2)C(=O)O1. The Morgan fingerprint density at radius 1 is 1.32 bits per heavy atom. The maximum absolute atomic E-state index is 14.7. The fraction of sp³-hybridized carbons (Fsp3) is 0.222. The highest BCUT2D eigenvalue weighted by Crippen LogP contribution is 2.27. The fourth-order valence-corrected chi connectivity index (χ4v) is 3.00. The topological polar surface area (TPSA) is 56.6 Å². The molecule has 0 aliphatic carbocycles. The maximum atomic E-state index is 14.7. The number of rotatable bonds is 4. The van der Waals surface area contributed by atoms with Crippen molar-refractivity contribution in [2.75, 3.05) is 25.2 Å². The van der Waals surface area contributed by atoms with E-state index in [0.717, 1.165) is 10.8 Å². The average Bonchev–Trinajstić information content (AvgIpc) is 3.18. The number of hydrogen-bond donors (Lipinski definition) is 0. The van der Waals surface area contributed by atoms with Gasteiger partial charge in [-0.15, -0.1) is 0 Å². The van der Waals surface area contributed by atoms with Crippen molar-refractivity contribution >= 4 is 22.6 Å². The molecule has 4 rings (SSSR count). The lowest BCUT2D eigenvalue weighted by Crippen LogP contribution is -2.25. The maximum Gasteiger partial charge on any atom is 0.414 e. The molecule has 25 heavy (non-hydrogen) atoms. The number of halogens is 1. The van der Waals surface area contributed by atoms with Crippen LogP contribution in [0.2, 0.25) is 0 Å². The molecule has 128 valence electrons. The molecular weight excluding hydrogens is 325 g/mol. The zero-order valence-corrected chi connectivity index (χ0v) is 13.6. The lowest BCUT2D eigenvalue weighted by atomic mass is 10.2. The minimum absolute atomic E-state index is 0.312. The third-order valence-electron chi connectivity index (χ3n) is 4.19. The molecule has 0 spiro atoms. The highest BCUT2D eigenvalue weighted by Gasteiger charge is 2.32. The molecule has 0 radical (unpaired) electrons. The van der Waals surface area contributed by atoms with E-state index in [4.69, 9.17) is 9.47 Å². The van der Waals surface area contributed by atoms with E-state index < -0.39 is 11.9 Å². The van der Waals surface area contributed by atoms with Crippen LogP contribution in [0.5, 0.6) is 0 Å². The number of nitrogens with zero attached hydrogens (tertiary/aromatic N) is 3. The Morgan fingerprint density at radius 3 is 2.92 bits per heavy atom. The molecule has 6 nitrogen and oxygen atoms in total. The molecule has 1 amide bonds. The van der Waals surface area contributed by atoms with Gasteiger partial charge in [-0.25, -0.2) is 9.18 Å². The Hall–Kier alpha value is -2.93. The van der Waals surface area contributed by atoms with Crippen molar-refractivity contribution in [2.24, 2.45) is 0 Å². The first-order valence-electron chi connectivity index (χ1n) is 7.84. The van der Waals surface area contributed by atoms with E-state index in [-0.39, 0.29) is 6.10 Å². The summed E-state index contributed by atoms with van der Waals surface area (Å²) in [5, 5.41) is 1.90. The van der Waals surface area contributed by atoms with Gasteiger partial charge < -0.3 is 14.0 Å². The van der Waals surface area contributed by atoms with Crippen LogP contribution in [0.4, 0.5) is 14.9 Å². The molecule has 1 aromatic carbocycles. The second-order valence-corrected chi connectivity index (χ2v) is 5.88. The van der Waals surface area contributed by atoms with E-state index in [1.165, 1.54) is 11.0 Å². The number of cyclic esters (lactones) is 1. The van der Waals surface area contributed by atoms with E-state index in [9.17, 15) is 9.18 Å². The van der Waals surface area contributed by atoms with Gasteiger partial charge in [0.25, 0.3) is 0 Å². The first kappa shape index (κ1) is 15.6. The van der Waals surface area contributed by atoms with Gasteiger partial charge in [0.1, 0.15) is 11.9 Å². The third kappa shape index (κ3) is 2.83. The third-order valence-corrected chi connectivity index (χ3v) is 4.19. The molecule has 1 aliphatic rings. The normalized spacial score (nSPS) is 17.3. The lowest BCUT2D eigenvalue weighted by Gasteiger charge is -2.14. The van der Waals surface area contributed by atoms with Crippen LogP contribution in [0, 0.1) is 5.82 Å². The van der Waals surface area contributed by atoms with Gasteiger partial charge in [0.05, 0.1) is 24.5 Å². The molecule has 1 unspecified atom stereocenters. The summed E-state index contributed by atoms with van der Waals surface area (Å²) < 4.78 is 26.6. The smallest absolute Gasteiger partial charge is 0.414 e. The average molecular weight is 341 g/mol. The van der Waals surface area contributed by atoms with Crippen molar-refractivity contribution in [1.82, 2.24) is 9.55 Å². The molecule has 1 fully saturated rings. The number of pyridine rings is 1. The second-order valence-electron chi connectivity index (χ2n) is 5.88. The molecule has 0 N–H and O–H groups in total. The van der Waals surface area contributed by atoms with Crippen molar-refractivity contribution in [3.8, 4) is 5.69 Å². The summed E-state index contributed by atoms with van der Waals surface area (Å²) in [5.41, 5.74) is 0.865. The largest absolute Gasteiger partial charge is 0.441 e. The van der Waals surface area contributed by atoms with Gasteiger partial charge in [0, 0.05) is 42.7 Å². The summed E-state index contributed by atoms with van der Waals surface area (Å²) in [6.45, 7) is 0.650. The molecule has 3 aromatic rings. The van der Waals surface area contributed by atoms with Crippen LogP contribution in [0.15, 0.2) is 49.1 Å². The highest BCUT2D eigenvalue weighted by molar-refractivity contribution is 5.90. The molecule has 1 atom stereocenters. The molecule has 1 saturated heterocycles. The lowest BCUT2D eigenvalue weighted by molar-refractivity contribution is 0.0718. The Morgan fingerprint density at radius 2 is 2.16 bits per heavy atom. The zero-order chi connectivity index (χ0) is 17.4. The van der Waals surface area contributed by atoms with Crippen LogP contribution in [0.1, 0.15) is 0 Å². The highest BCUT2D eigenvalue weighted by atomic mass is 19.1. The first-order chi connectivity index (χ1) is 12.2. The number of hydrogen-bond acceptors (Lipinski definition) is 4. The van der Waals surface area contributed by atoms with Crippen LogP contribution in [0.25, 0.3) is 16.5 Å². The Bertz CT molecular complexity index is 907. The van der Waals surface area contributed by atoms with Crippen LogP contribution >= 0.6 is 0 Å². The predicted octanol–water partition coefficient (Wildman–Crippen LogP) is 3.14. The van der Waals surface area contributed by atoms with Gasteiger partial charge in [-0.3, -0.25) is 9.88 Å². The number of anilines is 1.